The number of anilines is 1. The smallest absolute Gasteiger partial charge is 0.223 e. The van der Waals surface area contributed by atoms with Crippen LogP contribution < -0.4 is 5.32 Å². The minimum absolute atomic E-state index is 0.357. The van der Waals surface area contributed by atoms with E-state index < -0.39 is 0 Å². The Kier molecular flexibility index (Phi) is 4.49. The lowest BCUT2D eigenvalue weighted by Crippen LogP contribution is -2.05. The Morgan fingerprint density at radius 3 is 2.67 bits per heavy atom. The fraction of sp³-hybridized carbons (Fsp3) is 0.150. The molecule has 5 nitrogen and oxygen atoms in total. The molecule has 0 aliphatic heterocycles. The van der Waals surface area contributed by atoms with E-state index in [1.807, 2.05) is 25.1 Å². The molecule has 4 rings (SSSR count). The van der Waals surface area contributed by atoms with Gasteiger partial charge in [-0.25, -0.2) is 9.37 Å². The van der Waals surface area contributed by atoms with Crippen molar-refractivity contribution < 1.29 is 8.91 Å². The van der Waals surface area contributed by atoms with Crippen LogP contribution in [0.2, 0.25) is 5.02 Å². The summed E-state index contributed by atoms with van der Waals surface area (Å²) in [7, 11) is 0. The molecule has 7 heteroatoms. The minimum Gasteiger partial charge on any atom is -0.365 e. The standard InChI is InChI=1S/C20H16ClFN4O/c1-11-3-6-18-14(7-11)8-16(20-24-12(2)27-26-20)19(25-18)23-10-13-4-5-15(22)9-17(13)21/h3-9H,10H2,1-2H3,(H,23,25). The van der Waals surface area contributed by atoms with Crippen LogP contribution in [0.15, 0.2) is 47.0 Å². The molecule has 0 spiro atoms. The Hall–Kier alpha value is -2.99. The molecule has 2 aromatic heterocycles. The van der Waals surface area contributed by atoms with Crippen molar-refractivity contribution in [1.82, 2.24) is 15.1 Å². The van der Waals surface area contributed by atoms with E-state index in [1.54, 1.807) is 13.0 Å². The molecule has 0 aliphatic rings. The number of aryl methyl sites for hydroxylation is 2. The molecule has 0 amide bonds. The van der Waals surface area contributed by atoms with Crippen LogP contribution in [0.25, 0.3) is 22.3 Å². The van der Waals surface area contributed by atoms with Crippen molar-refractivity contribution in [3.05, 3.63) is 70.3 Å². The number of pyridine rings is 1. The van der Waals surface area contributed by atoms with E-state index in [0.29, 0.717) is 29.1 Å². The molecule has 1 N–H and O–H groups in total. The van der Waals surface area contributed by atoms with Crippen LogP contribution in [0.1, 0.15) is 17.0 Å². The van der Waals surface area contributed by atoms with Gasteiger partial charge in [0, 0.05) is 23.9 Å². The Morgan fingerprint density at radius 2 is 1.93 bits per heavy atom. The Labute approximate surface area is 160 Å². The lowest BCUT2D eigenvalue weighted by Gasteiger charge is -2.12. The van der Waals surface area contributed by atoms with Gasteiger partial charge in [-0.05, 0) is 42.8 Å². The first-order valence-corrected chi connectivity index (χ1v) is 8.77. The molecule has 0 unspecified atom stereocenters. The summed E-state index contributed by atoms with van der Waals surface area (Å²) >= 11 is 6.13. The molecule has 4 aromatic rings. The summed E-state index contributed by atoms with van der Waals surface area (Å²) in [5.41, 5.74) is 3.47. The van der Waals surface area contributed by atoms with Crippen molar-refractivity contribution in [1.29, 1.82) is 0 Å². The summed E-state index contributed by atoms with van der Waals surface area (Å²) in [4.78, 5) is 9.04. The first-order valence-electron chi connectivity index (χ1n) is 8.39. The van der Waals surface area contributed by atoms with Crippen LogP contribution in [0.4, 0.5) is 10.2 Å². The maximum atomic E-state index is 13.3. The summed E-state index contributed by atoms with van der Waals surface area (Å²) in [6.45, 7) is 4.15. The van der Waals surface area contributed by atoms with Gasteiger partial charge in [-0.3, -0.25) is 0 Å². The first-order chi connectivity index (χ1) is 13.0. The molecule has 2 heterocycles. The van der Waals surface area contributed by atoms with E-state index in [-0.39, 0.29) is 5.82 Å². The van der Waals surface area contributed by atoms with Crippen molar-refractivity contribution in [3.8, 4) is 11.4 Å². The van der Waals surface area contributed by atoms with Gasteiger partial charge in [0.25, 0.3) is 0 Å². The fourth-order valence-electron chi connectivity index (χ4n) is 2.85. The van der Waals surface area contributed by atoms with E-state index in [4.69, 9.17) is 21.1 Å². The zero-order valence-electron chi connectivity index (χ0n) is 14.8. The molecule has 0 radical (unpaired) electrons. The normalized spacial score (nSPS) is 11.1. The largest absolute Gasteiger partial charge is 0.365 e. The van der Waals surface area contributed by atoms with Gasteiger partial charge in [0.2, 0.25) is 11.7 Å². The quantitative estimate of drug-likeness (QED) is 0.518. The van der Waals surface area contributed by atoms with E-state index >= 15 is 0 Å². The second-order valence-electron chi connectivity index (χ2n) is 6.31. The van der Waals surface area contributed by atoms with E-state index in [9.17, 15) is 4.39 Å². The van der Waals surface area contributed by atoms with Crippen LogP contribution in [-0.4, -0.2) is 15.1 Å². The Morgan fingerprint density at radius 1 is 1.07 bits per heavy atom. The molecular weight excluding hydrogens is 367 g/mol. The lowest BCUT2D eigenvalue weighted by molar-refractivity contribution is 0.394. The molecule has 0 bridgehead atoms. The zero-order valence-corrected chi connectivity index (χ0v) is 15.5. The van der Waals surface area contributed by atoms with Crippen LogP contribution in [-0.2, 0) is 6.54 Å². The first kappa shape index (κ1) is 17.4. The number of nitrogens with zero attached hydrogens (tertiary/aromatic N) is 3. The summed E-state index contributed by atoms with van der Waals surface area (Å²) in [5, 5.41) is 8.62. The zero-order chi connectivity index (χ0) is 19.0. The van der Waals surface area contributed by atoms with E-state index in [1.165, 1.54) is 12.1 Å². The topological polar surface area (TPSA) is 63.8 Å². The summed E-state index contributed by atoms with van der Waals surface area (Å²) < 4.78 is 18.4. The van der Waals surface area contributed by atoms with E-state index in [0.717, 1.165) is 27.6 Å². The summed E-state index contributed by atoms with van der Waals surface area (Å²) in [6, 6.07) is 12.3. The van der Waals surface area contributed by atoms with Crippen molar-refractivity contribution in [2.75, 3.05) is 5.32 Å². The molecule has 2 aromatic carbocycles. The highest BCUT2D eigenvalue weighted by Gasteiger charge is 2.15. The number of rotatable bonds is 4. The number of nitrogens with one attached hydrogen (secondary N) is 1. The van der Waals surface area contributed by atoms with Crippen LogP contribution in [0, 0.1) is 19.7 Å². The van der Waals surface area contributed by atoms with Crippen molar-refractivity contribution in [3.63, 3.8) is 0 Å². The van der Waals surface area contributed by atoms with Crippen LogP contribution >= 0.6 is 11.6 Å². The average Bonchev–Trinajstić information content (AvgIpc) is 3.06. The number of fused-ring (bicyclic) bond motifs is 1. The van der Waals surface area contributed by atoms with Gasteiger partial charge in [0.1, 0.15) is 11.6 Å². The van der Waals surface area contributed by atoms with E-state index in [2.05, 4.69) is 21.5 Å². The van der Waals surface area contributed by atoms with Gasteiger partial charge in [-0.1, -0.05) is 34.5 Å². The van der Waals surface area contributed by atoms with Gasteiger partial charge in [0.05, 0.1) is 11.1 Å². The number of halogens is 2. The number of hydrogen-bond acceptors (Lipinski definition) is 5. The van der Waals surface area contributed by atoms with Crippen molar-refractivity contribution in [2.24, 2.45) is 0 Å². The van der Waals surface area contributed by atoms with Gasteiger partial charge >= 0.3 is 0 Å². The van der Waals surface area contributed by atoms with Crippen LogP contribution in [0.5, 0.6) is 0 Å². The maximum Gasteiger partial charge on any atom is 0.223 e. The molecule has 0 atom stereocenters. The third kappa shape index (κ3) is 3.61. The van der Waals surface area contributed by atoms with Gasteiger partial charge in [0.15, 0.2) is 0 Å². The maximum absolute atomic E-state index is 13.3. The third-order valence-electron chi connectivity index (χ3n) is 4.20. The third-order valence-corrected chi connectivity index (χ3v) is 4.55. The van der Waals surface area contributed by atoms with Gasteiger partial charge in [-0.15, -0.1) is 0 Å². The highest BCUT2D eigenvalue weighted by Crippen LogP contribution is 2.29. The van der Waals surface area contributed by atoms with Crippen molar-refractivity contribution in [2.45, 2.75) is 20.4 Å². The predicted molar refractivity (Wildman–Crippen MR) is 103 cm³/mol. The fourth-order valence-corrected chi connectivity index (χ4v) is 3.09. The predicted octanol–water partition coefficient (Wildman–Crippen LogP) is 5.31. The highest BCUT2D eigenvalue weighted by atomic mass is 35.5. The summed E-state index contributed by atoms with van der Waals surface area (Å²) in [6.07, 6.45) is 0. The molecule has 27 heavy (non-hydrogen) atoms. The molecule has 0 saturated heterocycles. The molecule has 0 fully saturated rings. The molecule has 136 valence electrons. The number of aromatic nitrogens is 3. The Balaban J connectivity index is 1.76. The monoisotopic (exact) mass is 382 g/mol. The van der Waals surface area contributed by atoms with Crippen molar-refractivity contribution >= 4 is 28.3 Å². The minimum atomic E-state index is -0.370. The van der Waals surface area contributed by atoms with Gasteiger partial charge < -0.3 is 9.84 Å². The summed E-state index contributed by atoms with van der Waals surface area (Å²) in [5.74, 6) is 1.16. The van der Waals surface area contributed by atoms with Gasteiger partial charge in [-0.2, -0.15) is 4.98 Å². The lowest BCUT2D eigenvalue weighted by atomic mass is 10.1. The average molecular weight is 383 g/mol. The molecule has 0 saturated carbocycles. The highest BCUT2D eigenvalue weighted by molar-refractivity contribution is 6.31. The molecule has 0 aliphatic carbocycles. The number of hydrogen-bond donors (Lipinski definition) is 1. The SMILES string of the molecule is Cc1ccc2nc(NCc3ccc(F)cc3Cl)c(-c3noc(C)n3)cc2c1. The van der Waals surface area contributed by atoms with Crippen LogP contribution in [0.3, 0.4) is 0 Å². The second kappa shape index (κ2) is 6.96. The number of benzene rings is 2. The molecular formula is C20H16ClFN4O. The Bertz CT molecular complexity index is 1140. The second-order valence-corrected chi connectivity index (χ2v) is 6.71.